The summed E-state index contributed by atoms with van der Waals surface area (Å²) < 4.78 is 12.5. The number of esters is 1. The van der Waals surface area contributed by atoms with Crippen LogP contribution in [0.3, 0.4) is 0 Å². The highest BCUT2D eigenvalue weighted by atomic mass is 32.2. The van der Waals surface area contributed by atoms with Gasteiger partial charge < -0.3 is 24.7 Å². The van der Waals surface area contributed by atoms with E-state index in [9.17, 15) is 14.4 Å². The van der Waals surface area contributed by atoms with Crippen molar-refractivity contribution in [1.29, 1.82) is 0 Å². The Morgan fingerprint density at radius 2 is 1.97 bits per heavy atom. The van der Waals surface area contributed by atoms with Crippen molar-refractivity contribution in [1.82, 2.24) is 20.1 Å². The number of methoxy groups -OCH3 is 1. The summed E-state index contributed by atoms with van der Waals surface area (Å²) in [6.07, 6.45) is 4.60. The zero-order valence-electron chi connectivity index (χ0n) is 22.4. The molecule has 2 amide bonds. The smallest absolute Gasteiger partial charge is 0.341 e. The number of ether oxygens (including phenoxy) is 2. The van der Waals surface area contributed by atoms with Gasteiger partial charge in [-0.25, -0.2) is 4.79 Å². The zero-order chi connectivity index (χ0) is 27.8. The molecule has 0 saturated carbocycles. The first kappa shape index (κ1) is 28.6. The minimum atomic E-state index is -0.390. The van der Waals surface area contributed by atoms with Crippen molar-refractivity contribution in [2.24, 2.45) is 0 Å². The summed E-state index contributed by atoms with van der Waals surface area (Å²) in [4.78, 5) is 39.4. The molecule has 1 aliphatic carbocycles. The van der Waals surface area contributed by atoms with Crippen LogP contribution in [0.5, 0.6) is 5.75 Å². The van der Waals surface area contributed by atoms with Gasteiger partial charge in [-0.2, -0.15) is 0 Å². The Hall–Kier alpha value is -3.38. The summed E-state index contributed by atoms with van der Waals surface area (Å²) in [6, 6.07) is 7.02. The highest BCUT2D eigenvalue weighted by molar-refractivity contribution is 7.99. The number of aryl methyl sites for hydroxylation is 1. The summed E-state index contributed by atoms with van der Waals surface area (Å²) >= 11 is 2.73. The molecule has 0 fully saturated rings. The number of thioether (sulfide) groups is 1. The normalized spacial score (nSPS) is 12.2. The number of amides is 2. The highest BCUT2D eigenvalue weighted by Crippen LogP contribution is 2.39. The van der Waals surface area contributed by atoms with Gasteiger partial charge in [-0.3, -0.25) is 9.59 Å². The van der Waals surface area contributed by atoms with Gasteiger partial charge in [0.1, 0.15) is 10.8 Å². The molecule has 3 aromatic rings. The number of nitrogens with one attached hydrogen (secondary N) is 2. The number of anilines is 1. The molecule has 1 aromatic carbocycles. The Morgan fingerprint density at radius 3 is 2.74 bits per heavy atom. The van der Waals surface area contributed by atoms with Crippen molar-refractivity contribution in [3.63, 3.8) is 0 Å². The minimum absolute atomic E-state index is 0.0999. The lowest BCUT2D eigenvalue weighted by molar-refractivity contribution is -0.113. The van der Waals surface area contributed by atoms with E-state index in [2.05, 4.69) is 27.8 Å². The van der Waals surface area contributed by atoms with Crippen LogP contribution in [0, 0.1) is 0 Å². The molecule has 0 bridgehead atoms. The SMILES string of the molecule is CCCCn1c(CNC(=O)c2ccccc2OC)nnc1SCC(=O)Nc1sc2c(c1C(=O)OCC)CCC2. The second-order valence-electron chi connectivity index (χ2n) is 8.91. The molecule has 1 aliphatic rings. The number of carbonyl (C=O) groups excluding carboxylic acids is 3. The van der Waals surface area contributed by atoms with Crippen molar-refractivity contribution in [2.75, 3.05) is 24.8 Å². The maximum absolute atomic E-state index is 12.9. The summed E-state index contributed by atoms with van der Waals surface area (Å²) in [5, 5.41) is 15.5. The van der Waals surface area contributed by atoms with E-state index < -0.39 is 0 Å². The first-order valence-corrected chi connectivity index (χ1v) is 14.8. The molecule has 10 nitrogen and oxygen atoms in total. The maximum Gasteiger partial charge on any atom is 0.341 e. The number of para-hydroxylation sites is 1. The number of carbonyl (C=O) groups is 3. The molecule has 2 aromatic heterocycles. The van der Waals surface area contributed by atoms with Gasteiger partial charge in [0.2, 0.25) is 5.91 Å². The van der Waals surface area contributed by atoms with Crippen molar-refractivity contribution >= 4 is 45.9 Å². The van der Waals surface area contributed by atoms with Gasteiger partial charge in [0.15, 0.2) is 11.0 Å². The Balaban J connectivity index is 1.41. The third kappa shape index (κ3) is 6.80. The molecule has 0 saturated heterocycles. The fourth-order valence-electron chi connectivity index (χ4n) is 4.39. The topological polar surface area (TPSA) is 124 Å². The quantitative estimate of drug-likeness (QED) is 0.227. The standard InChI is InChI=1S/C27H33N5O5S2/c1-4-6-14-32-21(15-28-24(34)17-10-7-8-12-19(17)36-3)30-31-27(32)38-16-22(33)29-25-23(26(35)37-5-2)18-11-9-13-20(18)39-25/h7-8,10,12H,4-6,9,11,13-16H2,1-3H3,(H,28,34)(H,29,33). The Kier molecular flexibility index (Phi) is 9.99. The second kappa shape index (κ2) is 13.6. The van der Waals surface area contributed by atoms with Gasteiger partial charge in [0.05, 0.1) is 37.1 Å². The summed E-state index contributed by atoms with van der Waals surface area (Å²) in [7, 11) is 1.52. The number of unbranched alkanes of at least 4 members (excludes halogenated alkanes) is 1. The summed E-state index contributed by atoms with van der Waals surface area (Å²) in [5.74, 6) is 0.301. The number of benzene rings is 1. The number of hydrogen-bond donors (Lipinski definition) is 2. The van der Waals surface area contributed by atoms with E-state index in [1.807, 2.05) is 4.57 Å². The van der Waals surface area contributed by atoms with E-state index in [4.69, 9.17) is 9.47 Å². The lowest BCUT2D eigenvalue weighted by atomic mass is 10.1. The number of thiophene rings is 1. The molecule has 39 heavy (non-hydrogen) atoms. The fourth-order valence-corrected chi connectivity index (χ4v) is 6.47. The van der Waals surface area contributed by atoms with Crippen LogP contribution in [0.1, 0.15) is 70.1 Å². The molecule has 2 heterocycles. The Bertz CT molecular complexity index is 1340. The van der Waals surface area contributed by atoms with Crippen molar-refractivity contribution in [3.05, 3.63) is 51.7 Å². The average Bonchev–Trinajstić information content (AvgIpc) is 3.64. The van der Waals surface area contributed by atoms with E-state index in [-0.39, 0.29) is 36.7 Å². The number of aromatic nitrogens is 3. The third-order valence-corrected chi connectivity index (χ3v) is 8.45. The lowest BCUT2D eigenvalue weighted by Gasteiger charge is -2.12. The minimum Gasteiger partial charge on any atom is -0.496 e. The van der Waals surface area contributed by atoms with Gasteiger partial charge in [0, 0.05) is 11.4 Å². The predicted molar refractivity (Wildman–Crippen MR) is 151 cm³/mol. The first-order valence-electron chi connectivity index (χ1n) is 13.0. The maximum atomic E-state index is 12.9. The van der Waals surface area contributed by atoms with E-state index in [1.165, 1.54) is 30.2 Å². The van der Waals surface area contributed by atoms with Crippen LogP contribution in [-0.4, -0.2) is 52.0 Å². The van der Waals surface area contributed by atoms with Crippen LogP contribution < -0.4 is 15.4 Å². The second-order valence-corrected chi connectivity index (χ2v) is 11.0. The molecule has 0 unspecified atom stereocenters. The molecule has 0 radical (unpaired) electrons. The first-order chi connectivity index (χ1) is 19.0. The van der Waals surface area contributed by atoms with Gasteiger partial charge in [-0.05, 0) is 50.3 Å². The molecule has 2 N–H and O–H groups in total. The average molecular weight is 572 g/mol. The highest BCUT2D eigenvalue weighted by Gasteiger charge is 2.28. The van der Waals surface area contributed by atoms with Gasteiger partial charge in [-0.1, -0.05) is 37.2 Å². The van der Waals surface area contributed by atoms with Crippen LogP contribution in [0.2, 0.25) is 0 Å². The van der Waals surface area contributed by atoms with E-state index in [0.29, 0.717) is 39.4 Å². The molecule has 0 aliphatic heterocycles. The van der Waals surface area contributed by atoms with Crippen LogP contribution in [0.4, 0.5) is 5.00 Å². The van der Waals surface area contributed by atoms with Crippen LogP contribution >= 0.6 is 23.1 Å². The van der Waals surface area contributed by atoms with Crippen molar-refractivity contribution in [3.8, 4) is 5.75 Å². The molecular weight excluding hydrogens is 538 g/mol. The molecular formula is C27H33N5O5S2. The molecule has 208 valence electrons. The van der Waals surface area contributed by atoms with Gasteiger partial charge >= 0.3 is 5.97 Å². The zero-order valence-corrected chi connectivity index (χ0v) is 24.0. The van der Waals surface area contributed by atoms with Gasteiger partial charge in [-0.15, -0.1) is 21.5 Å². The predicted octanol–water partition coefficient (Wildman–Crippen LogP) is 4.47. The number of nitrogens with zero attached hydrogens (tertiary/aromatic N) is 3. The number of fused-ring (bicyclic) bond motifs is 1. The molecule has 4 rings (SSSR count). The largest absolute Gasteiger partial charge is 0.496 e. The van der Waals surface area contributed by atoms with E-state index in [1.54, 1.807) is 31.2 Å². The summed E-state index contributed by atoms with van der Waals surface area (Å²) in [5.41, 5.74) is 1.93. The fraction of sp³-hybridized carbons (Fsp3) is 0.444. The monoisotopic (exact) mass is 571 g/mol. The van der Waals surface area contributed by atoms with Crippen LogP contribution in [0.25, 0.3) is 0 Å². The number of hydrogen-bond acceptors (Lipinski definition) is 9. The molecule has 0 atom stereocenters. The lowest BCUT2D eigenvalue weighted by Crippen LogP contribution is -2.25. The van der Waals surface area contributed by atoms with Crippen LogP contribution in [0.15, 0.2) is 29.4 Å². The van der Waals surface area contributed by atoms with Gasteiger partial charge in [0.25, 0.3) is 5.91 Å². The Morgan fingerprint density at radius 1 is 1.15 bits per heavy atom. The molecule has 0 spiro atoms. The Labute approximate surface area is 235 Å². The third-order valence-electron chi connectivity index (χ3n) is 6.27. The van der Waals surface area contributed by atoms with Crippen molar-refractivity contribution < 1.29 is 23.9 Å². The molecule has 12 heteroatoms. The van der Waals surface area contributed by atoms with Crippen LogP contribution in [-0.2, 0) is 35.5 Å². The number of rotatable bonds is 13. The summed E-state index contributed by atoms with van der Waals surface area (Å²) in [6.45, 7) is 4.99. The van der Waals surface area contributed by atoms with E-state index in [0.717, 1.165) is 42.5 Å². The van der Waals surface area contributed by atoms with E-state index >= 15 is 0 Å². The van der Waals surface area contributed by atoms with Crippen molar-refractivity contribution in [2.45, 2.75) is 64.2 Å².